The third-order valence-electron chi connectivity index (χ3n) is 4.45. The van der Waals surface area contributed by atoms with E-state index in [0.717, 1.165) is 30.0 Å². The first-order chi connectivity index (χ1) is 10.1. The van der Waals surface area contributed by atoms with E-state index in [1.807, 2.05) is 22.4 Å². The van der Waals surface area contributed by atoms with Gasteiger partial charge < -0.3 is 15.0 Å². The van der Waals surface area contributed by atoms with Gasteiger partial charge in [0.05, 0.1) is 11.4 Å². The van der Waals surface area contributed by atoms with E-state index in [1.54, 1.807) is 0 Å². The normalized spacial score (nSPS) is 20.5. The molecule has 1 atom stereocenters. The zero-order chi connectivity index (χ0) is 14.6. The van der Waals surface area contributed by atoms with Crippen LogP contribution in [0.3, 0.4) is 0 Å². The Bertz CT molecular complexity index is 714. The number of pyridine rings is 1. The highest BCUT2D eigenvalue weighted by Crippen LogP contribution is 2.42. The van der Waals surface area contributed by atoms with Gasteiger partial charge >= 0.3 is 0 Å². The second-order valence-corrected chi connectivity index (χ2v) is 6.27. The Morgan fingerprint density at radius 3 is 2.81 bits per heavy atom. The van der Waals surface area contributed by atoms with Crippen LogP contribution >= 0.6 is 0 Å². The number of carbonyl (C=O) groups excluding carboxylic acids is 1. The maximum atomic E-state index is 12.1. The average molecular weight is 284 g/mol. The molecule has 21 heavy (non-hydrogen) atoms. The molecule has 4 rings (SSSR count). The number of fused-ring (bicyclic) bond motifs is 1. The summed E-state index contributed by atoms with van der Waals surface area (Å²) in [5.74, 6) is 0.849. The standard InChI is InChI=1S/C16H20N4O/c1-10(17)13-9-19-8-12(11-4-5-11)7-14(16(19)18-13)20-6-2-3-15(20)21/h7-11H,2-6,17H2,1H3/t10-/m1/s1. The number of hydrogen-bond donors (Lipinski definition) is 1. The first kappa shape index (κ1) is 12.8. The quantitative estimate of drug-likeness (QED) is 0.941. The van der Waals surface area contributed by atoms with Crippen molar-refractivity contribution in [3.8, 4) is 0 Å². The Morgan fingerprint density at radius 1 is 1.38 bits per heavy atom. The van der Waals surface area contributed by atoms with Gasteiger partial charge in [0, 0.05) is 31.4 Å². The minimum absolute atomic E-state index is 0.101. The lowest BCUT2D eigenvalue weighted by molar-refractivity contribution is -0.117. The van der Waals surface area contributed by atoms with Crippen molar-refractivity contribution < 1.29 is 4.79 Å². The summed E-state index contributed by atoms with van der Waals surface area (Å²) in [5, 5.41) is 0. The molecular formula is C16H20N4O. The number of imidazole rings is 1. The first-order valence-corrected chi connectivity index (χ1v) is 7.72. The molecular weight excluding hydrogens is 264 g/mol. The molecule has 1 saturated heterocycles. The van der Waals surface area contributed by atoms with Gasteiger partial charge in [-0.3, -0.25) is 4.79 Å². The summed E-state index contributed by atoms with van der Waals surface area (Å²) < 4.78 is 2.05. The number of carbonyl (C=O) groups is 1. The molecule has 0 bridgehead atoms. The highest BCUT2D eigenvalue weighted by Gasteiger charge is 2.29. The summed E-state index contributed by atoms with van der Waals surface area (Å²) in [5.41, 5.74) is 9.95. The van der Waals surface area contributed by atoms with Gasteiger partial charge in [-0.2, -0.15) is 0 Å². The Morgan fingerprint density at radius 2 is 2.19 bits per heavy atom. The number of rotatable bonds is 3. The van der Waals surface area contributed by atoms with Crippen LogP contribution in [0, 0.1) is 0 Å². The maximum Gasteiger partial charge on any atom is 0.227 e. The van der Waals surface area contributed by atoms with Crippen LogP contribution in [0.4, 0.5) is 5.69 Å². The van der Waals surface area contributed by atoms with Crippen molar-refractivity contribution in [2.45, 2.75) is 44.6 Å². The minimum atomic E-state index is -0.101. The average Bonchev–Trinajstić information content (AvgIpc) is 3.07. The summed E-state index contributed by atoms with van der Waals surface area (Å²) in [6, 6.07) is 2.06. The molecule has 2 aromatic rings. The topological polar surface area (TPSA) is 63.6 Å². The zero-order valence-corrected chi connectivity index (χ0v) is 12.2. The molecule has 2 aromatic heterocycles. The molecule has 0 aromatic carbocycles. The van der Waals surface area contributed by atoms with E-state index in [-0.39, 0.29) is 11.9 Å². The lowest BCUT2D eigenvalue weighted by Crippen LogP contribution is -2.24. The minimum Gasteiger partial charge on any atom is -0.323 e. The number of nitrogens with zero attached hydrogens (tertiary/aromatic N) is 3. The predicted octanol–water partition coefficient (Wildman–Crippen LogP) is 2.36. The molecule has 1 amide bonds. The summed E-state index contributed by atoms with van der Waals surface area (Å²) in [7, 11) is 0. The van der Waals surface area contributed by atoms with Crippen LogP contribution in [0.1, 0.15) is 55.8 Å². The molecule has 5 nitrogen and oxygen atoms in total. The highest BCUT2D eigenvalue weighted by atomic mass is 16.2. The second kappa shape index (κ2) is 4.56. The van der Waals surface area contributed by atoms with Crippen molar-refractivity contribution in [1.29, 1.82) is 0 Å². The molecule has 0 radical (unpaired) electrons. The van der Waals surface area contributed by atoms with Crippen LogP contribution in [0.15, 0.2) is 18.5 Å². The van der Waals surface area contributed by atoms with E-state index in [0.29, 0.717) is 12.3 Å². The molecule has 2 aliphatic rings. The molecule has 5 heteroatoms. The van der Waals surface area contributed by atoms with Crippen molar-refractivity contribution >= 4 is 17.2 Å². The van der Waals surface area contributed by atoms with Gasteiger partial charge in [0.1, 0.15) is 0 Å². The molecule has 1 saturated carbocycles. The third-order valence-corrected chi connectivity index (χ3v) is 4.45. The van der Waals surface area contributed by atoms with Crippen LogP contribution in [0.2, 0.25) is 0 Å². The number of aromatic nitrogens is 2. The van der Waals surface area contributed by atoms with Gasteiger partial charge in [0.15, 0.2) is 5.65 Å². The van der Waals surface area contributed by atoms with Gasteiger partial charge in [-0.05, 0) is 43.7 Å². The summed E-state index contributed by atoms with van der Waals surface area (Å²) in [6.07, 6.45) is 8.20. The molecule has 3 heterocycles. The highest BCUT2D eigenvalue weighted by molar-refractivity contribution is 5.98. The molecule has 0 unspecified atom stereocenters. The van der Waals surface area contributed by atoms with Gasteiger partial charge in [-0.25, -0.2) is 4.98 Å². The Balaban J connectivity index is 1.90. The van der Waals surface area contributed by atoms with Crippen molar-refractivity contribution in [3.63, 3.8) is 0 Å². The first-order valence-electron chi connectivity index (χ1n) is 7.72. The van der Waals surface area contributed by atoms with E-state index >= 15 is 0 Å². The lowest BCUT2D eigenvalue weighted by Gasteiger charge is -2.17. The van der Waals surface area contributed by atoms with Crippen LogP contribution in [0.5, 0.6) is 0 Å². The second-order valence-electron chi connectivity index (χ2n) is 6.27. The van der Waals surface area contributed by atoms with Gasteiger partial charge in [-0.15, -0.1) is 0 Å². The van der Waals surface area contributed by atoms with Gasteiger partial charge in [-0.1, -0.05) is 0 Å². The Hall–Kier alpha value is -1.88. The smallest absolute Gasteiger partial charge is 0.227 e. The van der Waals surface area contributed by atoms with Crippen molar-refractivity contribution in [2.24, 2.45) is 5.73 Å². The Kier molecular flexibility index (Phi) is 2.79. The lowest BCUT2D eigenvalue weighted by atomic mass is 10.1. The number of anilines is 1. The SMILES string of the molecule is C[C@@H](N)c1cn2cc(C3CC3)cc(N3CCCC3=O)c2n1. The summed E-state index contributed by atoms with van der Waals surface area (Å²) in [4.78, 5) is 18.7. The molecule has 1 aliphatic carbocycles. The van der Waals surface area contributed by atoms with Crippen LogP contribution in [-0.2, 0) is 4.79 Å². The monoisotopic (exact) mass is 284 g/mol. The van der Waals surface area contributed by atoms with E-state index < -0.39 is 0 Å². The van der Waals surface area contributed by atoms with Gasteiger partial charge in [0.25, 0.3) is 0 Å². The summed E-state index contributed by atoms with van der Waals surface area (Å²) in [6.45, 7) is 2.73. The third kappa shape index (κ3) is 2.12. The summed E-state index contributed by atoms with van der Waals surface area (Å²) >= 11 is 0. The van der Waals surface area contributed by atoms with Crippen molar-refractivity contribution in [1.82, 2.24) is 9.38 Å². The zero-order valence-electron chi connectivity index (χ0n) is 12.2. The fourth-order valence-corrected chi connectivity index (χ4v) is 3.08. The van der Waals surface area contributed by atoms with Crippen LogP contribution in [-0.4, -0.2) is 21.8 Å². The molecule has 110 valence electrons. The molecule has 1 aliphatic heterocycles. The van der Waals surface area contributed by atoms with E-state index in [2.05, 4.69) is 17.2 Å². The molecule has 0 spiro atoms. The van der Waals surface area contributed by atoms with Crippen molar-refractivity contribution in [2.75, 3.05) is 11.4 Å². The van der Waals surface area contributed by atoms with Crippen LogP contribution in [0.25, 0.3) is 5.65 Å². The predicted molar refractivity (Wildman–Crippen MR) is 81.4 cm³/mol. The molecule has 2 N–H and O–H groups in total. The van der Waals surface area contributed by atoms with Crippen molar-refractivity contribution in [3.05, 3.63) is 29.7 Å². The van der Waals surface area contributed by atoms with Crippen LogP contribution < -0.4 is 10.6 Å². The number of hydrogen-bond acceptors (Lipinski definition) is 3. The van der Waals surface area contributed by atoms with E-state index in [4.69, 9.17) is 5.73 Å². The maximum absolute atomic E-state index is 12.1. The van der Waals surface area contributed by atoms with E-state index in [9.17, 15) is 4.79 Å². The Labute approximate surface area is 123 Å². The number of amides is 1. The largest absolute Gasteiger partial charge is 0.323 e. The van der Waals surface area contributed by atoms with Gasteiger partial charge in [0.2, 0.25) is 5.91 Å². The molecule has 2 fully saturated rings. The van der Waals surface area contributed by atoms with E-state index in [1.165, 1.54) is 18.4 Å². The fraction of sp³-hybridized carbons (Fsp3) is 0.500. The number of nitrogens with two attached hydrogens (primary N) is 1. The fourth-order valence-electron chi connectivity index (χ4n) is 3.08.